The lowest BCUT2D eigenvalue weighted by Gasteiger charge is -2.11. The molecule has 0 aromatic heterocycles. The molecule has 0 bridgehead atoms. The number of nitrogens with one attached hydrogen (secondary N) is 2. The molecule has 1 saturated carbocycles. The van der Waals surface area contributed by atoms with Gasteiger partial charge < -0.3 is 15.4 Å². The Morgan fingerprint density at radius 3 is 2.31 bits per heavy atom. The lowest BCUT2D eigenvalue weighted by Crippen LogP contribution is -2.20. The molecule has 0 spiro atoms. The van der Waals surface area contributed by atoms with Crippen LogP contribution in [0.4, 0.5) is 11.4 Å². The Bertz CT molecular complexity index is 815. The van der Waals surface area contributed by atoms with Crippen molar-refractivity contribution < 1.29 is 14.3 Å². The van der Waals surface area contributed by atoms with E-state index < -0.39 is 0 Å². The molecule has 0 saturated heterocycles. The van der Waals surface area contributed by atoms with Crippen LogP contribution in [0.25, 0.3) is 0 Å². The summed E-state index contributed by atoms with van der Waals surface area (Å²) in [6.07, 6.45) is 1.53. The first-order valence-electron chi connectivity index (χ1n) is 8.87. The van der Waals surface area contributed by atoms with Gasteiger partial charge in [0.25, 0.3) is 0 Å². The fraction of sp³-hybridized carbons (Fsp3) is 0.333. The molecule has 0 radical (unpaired) electrons. The maximum Gasteiger partial charge on any atom is 0.228 e. The van der Waals surface area contributed by atoms with E-state index in [1.165, 1.54) is 5.56 Å². The number of rotatable bonds is 6. The van der Waals surface area contributed by atoms with Gasteiger partial charge in [-0.2, -0.15) is 0 Å². The van der Waals surface area contributed by atoms with Crippen LogP contribution in [0.15, 0.2) is 42.5 Å². The van der Waals surface area contributed by atoms with E-state index in [4.69, 9.17) is 4.74 Å². The molecule has 2 unspecified atom stereocenters. The number of carbonyl (C=O) groups is 2. The van der Waals surface area contributed by atoms with Crippen molar-refractivity contribution in [1.29, 1.82) is 0 Å². The maximum absolute atomic E-state index is 12.5. The number of benzene rings is 2. The highest BCUT2D eigenvalue weighted by Crippen LogP contribution is 2.41. The maximum atomic E-state index is 12.5. The zero-order valence-corrected chi connectivity index (χ0v) is 15.3. The standard InChI is InChI=1S/C21H24N2O3/c1-4-14-6-8-15(9-7-14)22-20(24)16-12-17(16)21(25)23-18-11-13(2)5-10-19(18)26-3/h5-11,16-17H,4,12H2,1-3H3,(H,22,24)(H,23,25). The monoisotopic (exact) mass is 352 g/mol. The number of hydrogen-bond donors (Lipinski definition) is 2. The summed E-state index contributed by atoms with van der Waals surface area (Å²) < 4.78 is 5.28. The lowest BCUT2D eigenvalue weighted by atomic mass is 10.1. The van der Waals surface area contributed by atoms with E-state index in [9.17, 15) is 9.59 Å². The minimum atomic E-state index is -0.296. The van der Waals surface area contributed by atoms with E-state index in [0.717, 1.165) is 17.7 Å². The number of carbonyl (C=O) groups excluding carboxylic acids is 2. The molecular formula is C21H24N2O3. The molecule has 2 atom stereocenters. The van der Waals surface area contributed by atoms with E-state index in [1.54, 1.807) is 7.11 Å². The van der Waals surface area contributed by atoms with Crippen molar-refractivity contribution in [1.82, 2.24) is 0 Å². The molecule has 2 N–H and O–H groups in total. The molecule has 2 aromatic rings. The Balaban J connectivity index is 1.58. The number of ether oxygens (including phenoxy) is 1. The zero-order chi connectivity index (χ0) is 18.7. The number of amides is 2. The molecule has 136 valence electrons. The van der Waals surface area contributed by atoms with Crippen molar-refractivity contribution in [3.8, 4) is 5.75 Å². The summed E-state index contributed by atoms with van der Waals surface area (Å²) in [6.45, 7) is 4.04. The van der Waals surface area contributed by atoms with Crippen LogP contribution in [0.2, 0.25) is 0 Å². The normalized spacial score (nSPS) is 18.1. The molecule has 26 heavy (non-hydrogen) atoms. The van der Waals surface area contributed by atoms with Gasteiger partial charge in [0.05, 0.1) is 24.6 Å². The summed E-state index contributed by atoms with van der Waals surface area (Å²) in [4.78, 5) is 24.8. The molecule has 5 nitrogen and oxygen atoms in total. The molecule has 1 aliphatic carbocycles. The van der Waals surface area contributed by atoms with Gasteiger partial charge in [0.1, 0.15) is 5.75 Å². The van der Waals surface area contributed by atoms with E-state index in [-0.39, 0.29) is 23.7 Å². The first kappa shape index (κ1) is 18.0. The van der Waals surface area contributed by atoms with Gasteiger partial charge in [0.15, 0.2) is 0 Å². The Hall–Kier alpha value is -2.82. The Morgan fingerprint density at radius 2 is 1.69 bits per heavy atom. The molecule has 0 heterocycles. The highest BCUT2D eigenvalue weighted by Gasteiger charge is 2.48. The molecular weight excluding hydrogens is 328 g/mol. The zero-order valence-electron chi connectivity index (χ0n) is 15.3. The quantitative estimate of drug-likeness (QED) is 0.831. The predicted molar refractivity (Wildman–Crippen MR) is 102 cm³/mol. The first-order valence-corrected chi connectivity index (χ1v) is 8.87. The molecule has 1 aliphatic rings. The Morgan fingerprint density at radius 1 is 1.04 bits per heavy atom. The highest BCUT2D eigenvalue weighted by atomic mass is 16.5. The minimum Gasteiger partial charge on any atom is -0.495 e. The van der Waals surface area contributed by atoms with Gasteiger partial charge in [0, 0.05) is 5.69 Å². The summed E-state index contributed by atoms with van der Waals surface area (Å²) in [6, 6.07) is 13.4. The molecule has 5 heteroatoms. The third-order valence-electron chi connectivity index (χ3n) is 4.71. The van der Waals surface area contributed by atoms with Crippen molar-refractivity contribution in [2.75, 3.05) is 17.7 Å². The van der Waals surface area contributed by atoms with Crippen molar-refractivity contribution in [2.45, 2.75) is 26.7 Å². The Kier molecular flexibility index (Phi) is 5.26. The van der Waals surface area contributed by atoms with Crippen LogP contribution in [0.3, 0.4) is 0 Å². The van der Waals surface area contributed by atoms with Crippen LogP contribution in [0.5, 0.6) is 5.75 Å². The summed E-state index contributed by atoms with van der Waals surface area (Å²) >= 11 is 0. The second-order valence-corrected chi connectivity index (χ2v) is 6.68. The third kappa shape index (κ3) is 4.04. The van der Waals surface area contributed by atoms with Gasteiger partial charge in [0.2, 0.25) is 11.8 Å². The van der Waals surface area contributed by atoms with Gasteiger partial charge in [-0.15, -0.1) is 0 Å². The number of anilines is 2. The lowest BCUT2D eigenvalue weighted by molar-refractivity contribution is -0.122. The van der Waals surface area contributed by atoms with E-state index >= 15 is 0 Å². The van der Waals surface area contributed by atoms with Gasteiger partial charge in [-0.05, 0) is 55.2 Å². The van der Waals surface area contributed by atoms with Crippen LogP contribution < -0.4 is 15.4 Å². The van der Waals surface area contributed by atoms with Crippen LogP contribution in [-0.4, -0.2) is 18.9 Å². The largest absolute Gasteiger partial charge is 0.495 e. The van der Waals surface area contributed by atoms with Crippen LogP contribution in [0.1, 0.15) is 24.5 Å². The second-order valence-electron chi connectivity index (χ2n) is 6.68. The fourth-order valence-electron chi connectivity index (χ4n) is 2.98. The molecule has 2 aromatic carbocycles. The minimum absolute atomic E-state index is 0.106. The van der Waals surface area contributed by atoms with E-state index in [2.05, 4.69) is 17.6 Å². The second kappa shape index (κ2) is 7.60. The average molecular weight is 352 g/mol. The van der Waals surface area contributed by atoms with Crippen molar-refractivity contribution in [3.63, 3.8) is 0 Å². The number of methoxy groups -OCH3 is 1. The summed E-state index contributed by atoms with van der Waals surface area (Å²) in [5.74, 6) is -0.214. The van der Waals surface area contributed by atoms with E-state index in [0.29, 0.717) is 17.9 Å². The number of hydrogen-bond acceptors (Lipinski definition) is 3. The number of aryl methyl sites for hydroxylation is 2. The van der Waals surface area contributed by atoms with Gasteiger partial charge in [-0.1, -0.05) is 25.1 Å². The smallest absolute Gasteiger partial charge is 0.228 e. The van der Waals surface area contributed by atoms with Gasteiger partial charge >= 0.3 is 0 Å². The summed E-state index contributed by atoms with van der Waals surface area (Å²) in [5.41, 5.74) is 3.65. The van der Waals surface area contributed by atoms with E-state index in [1.807, 2.05) is 49.4 Å². The fourth-order valence-corrected chi connectivity index (χ4v) is 2.98. The molecule has 1 fully saturated rings. The van der Waals surface area contributed by atoms with Crippen molar-refractivity contribution >= 4 is 23.2 Å². The Labute approximate surface area is 153 Å². The van der Waals surface area contributed by atoms with Crippen LogP contribution in [0, 0.1) is 18.8 Å². The topological polar surface area (TPSA) is 67.4 Å². The van der Waals surface area contributed by atoms with Crippen LogP contribution >= 0.6 is 0 Å². The highest BCUT2D eigenvalue weighted by molar-refractivity contribution is 6.03. The molecule has 0 aliphatic heterocycles. The SMILES string of the molecule is CCc1ccc(NC(=O)C2CC2C(=O)Nc2cc(C)ccc2OC)cc1. The summed E-state index contributed by atoms with van der Waals surface area (Å²) in [7, 11) is 1.57. The van der Waals surface area contributed by atoms with Gasteiger partial charge in [-0.25, -0.2) is 0 Å². The average Bonchev–Trinajstić information content (AvgIpc) is 3.43. The molecule has 3 rings (SSSR count). The first-order chi connectivity index (χ1) is 12.5. The van der Waals surface area contributed by atoms with Crippen molar-refractivity contribution in [2.24, 2.45) is 11.8 Å². The third-order valence-corrected chi connectivity index (χ3v) is 4.71. The van der Waals surface area contributed by atoms with Crippen LogP contribution in [-0.2, 0) is 16.0 Å². The predicted octanol–water partition coefficient (Wildman–Crippen LogP) is 3.78. The van der Waals surface area contributed by atoms with Gasteiger partial charge in [-0.3, -0.25) is 9.59 Å². The molecule has 2 amide bonds. The van der Waals surface area contributed by atoms with Crippen molar-refractivity contribution in [3.05, 3.63) is 53.6 Å². The summed E-state index contributed by atoms with van der Waals surface area (Å²) in [5, 5.41) is 5.78.